The maximum absolute atomic E-state index is 13.6. The van der Waals surface area contributed by atoms with Crippen molar-refractivity contribution >= 4 is 11.7 Å². The van der Waals surface area contributed by atoms with Crippen LogP contribution in [-0.4, -0.2) is 11.0 Å². The average molecular weight is 464 g/mol. The number of nitrogens with one attached hydrogen (secondary N) is 2. The van der Waals surface area contributed by atoms with Gasteiger partial charge in [0.05, 0.1) is 34.5 Å². The minimum Gasteiger partial charge on any atom is -0.325 e. The molecule has 1 heterocycles. The maximum Gasteiger partial charge on any atom is 0.418 e. The Balaban J connectivity index is 1.99. The molecule has 0 spiro atoms. The number of rotatable bonds is 4. The van der Waals surface area contributed by atoms with E-state index in [9.17, 15) is 31.1 Å². The predicted octanol–water partition coefficient (Wildman–Crippen LogP) is 5.90. The molecular formula is C22H14F6N4O. The van der Waals surface area contributed by atoms with Gasteiger partial charge in [-0.25, -0.2) is 4.79 Å². The quantitative estimate of drug-likeness (QED) is 0.472. The normalized spacial score (nSPS) is 12.5. The van der Waals surface area contributed by atoms with E-state index in [-0.39, 0.29) is 16.8 Å². The molecule has 11 heteroatoms. The van der Waals surface area contributed by atoms with E-state index < -0.39 is 41.2 Å². The summed E-state index contributed by atoms with van der Waals surface area (Å²) >= 11 is 0. The number of nitriles is 1. The fourth-order valence-electron chi connectivity index (χ4n) is 3.03. The van der Waals surface area contributed by atoms with Gasteiger partial charge in [-0.2, -0.15) is 31.6 Å². The van der Waals surface area contributed by atoms with Gasteiger partial charge >= 0.3 is 18.4 Å². The molecule has 0 bridgehead atoms. The van der Waals surface area contributed by atoms with Crippen LogP contribution in [0.2, 0.25) is 0 Å². The van der Waals surface area contributed by atoms with Crippen molar-refractivity contribution in [1.82, 2.24) is 10.3 Å². The first-order valence-electron chi connectivity index (χ1n) is 9.26. The number of carbonyl (C=O) groups excluding carboxylic acids is 1. The van der Waals surface area contributed by atoms with Crippen LogP contribution in [0.3, 0.4) is 0 Å². The number of anilines is 1. The van der Waals surface area contributed by atoms with E-state index in [1.807, 2.05) is 6.07 Å². The molecule has 1 aromatic heterocycles. The molecule has 3 aromatic rings. The molecule has 0 fully saturated rings. The molecule has 0 saturated carbocycles. The highest BCUT2D eigenvalue weighted by molar-refractivity contribution is 5.90. The lowest BCUT2D eigenvalue weighted by Gasteiger charge is -2.23. The van der Waals surface area contributed by atoms with Gasteiger partial charge in [-0.3, -0.25) is 4.98 Å². The van der Waals surface area contributed by atoms with Gasteiger partial charge < -0.3 is 10.6 Å². The summed E-state index contributed by atoms with van der Waals surface area (Å²) in [4.78, 5) is 16.3. The molecule has 2 aromatic carbocycles. The Morgan fingerprint density at radius 2 is 1.64 bits per heavy atom. The molecule has 1 unspecified atom stereocenters. The zero-order valence-electron chi connectivity index (χ0n) is 16.5. The summed E-state index contributed by atoms with van der Waals surface area (Å²) in [5.74, 6) is 0. The van der Waals surface area contributed by atoms with E-state index in [0.29, 0.717) is 12.1 Å². The van der Waals surface area contributed by atoms with Gasteiger partial charge in [0.1, 0.15) is 0 Å². The number of carbonyl (C=O) groups is 1. The van der Waals surface area contributed by atoms with Crippen LogP contribution >= 0.6 is 0 Å². The summed E-state index contributed by atoms with van der Waals surface area (Å²) in [6.45, 7) is 0. The third kappa shape index (κ3) is 5.79. The number of halogens is 6. The van der Waals surface area contributed by atoms with E-state index in [0.717, 1.165) is 30.5 Å². The predicted molar refractivity (Wildman–Crippen MR) is 106 cm³/mol. The molecular weight excluding hydrogens is 450 g/mol. The molecule has 0 aliphatic heterocycles. The highest BCUT2D eigenvalue weighted by atomic mass is 19.4. The SMILES string of the molecule is N#Cc1cccc(NC(=O)NC(c2ccc(C(F)(F)F)cc2)c2ncccc2C(F)(F)F)c1. The summed E-state index contributed by atoms with van der Waals surface area (Å²) in [5.41, 5.74) is -2.37. The van der Waals surface area contributed by atoms with Crippen molar-refractivity contribution in [2.24, 2.45) is 0 Å². The molecule has 0 saturated heterocycles. The molecule has 5 nitrogen and oxygen atoms in total. The van der Waals surface area contributed by atoms with Gasteiger partial charge in [-0.05, 0) is 48.0 Å². The minimum absolute atomic E-state index is 0.0480. The zero-order valence-corrected chi connectivity index (χ0v) is 16.5. The van der Waals surface area contributed by atoms with Crippen LogP contribution in [-0.2, 0) is 12.4 Å². The highest BCUT2D eigenvalue weighted by Gasteiger charge is 2.37. The van der Waals surface area contributed by atoms with E-state index in [1.165, 1.54) is 24.3 Å². The van der Waals surface area contributed by atoms with Crippen molar-refractivity contribution in [3.8, 4) is 6.07 Å². The van der Waals surface area contributed by atoms with Gasteiger partial charge in [-0.1, -0.05) is 18.2 Å². The summed E-state index contributed by atoms with van der Waals surface area (Å²) in [6.07, 6.45) is -8.39. The number of hydrogen-bond acceptors (Lipinski definition) is 3. The van der Waals surface area contributed by atoms with Gasteiger partial charge in [0, 0.05) is 11.9 Å². The number of pyridine rings is 1. The Bertz CT molecular complexity index is 1180. The Hall–Kier alpha value is -4.07. The lowest BCUT2D eigenvalue weighted by Crippen LogP contribution is -2.35. The van der Waals surface area contributed by atoms with Crippen molar-refractivity contribution in [3.63, 3.8) is 0 Å². The number of nitrogens with zero attached hydrogens (tertiary/aromatic N) is 2. The van der Waals surface area contributed by atoms with Gasteiger partial charge in [-0.15, -0.1) is 0 Å². The van der Waals surface area contributed by atoms with Crippen molar-refractivity contribution in [2.75, 3.05) is 5.32 Å². The summed E-state index contributed by atoms with van der Waals surface area (Å²) < 4.78 is 79.4. The first-order valence-corrected chi connectivity index (χ1v) is 9.26. The minimum atomic E-state index is -4.83. The number of aromatic nitrogens is 1. The standard InChI is InChI=1S/C22H14F6N4O/c23-21(24,25)15-8-6-14(7-9-15)18(19-17(22(26,27)28)5-2-10-30-19)32-20(33)31-16-4-1-3-13(11-16)12-29/h1-11,18H,(H2,31,32,33). The Labute approximate surface area is 183 Å². The van der Waals surface area contributed by atoms with Crippen LogP contribution in [0.4, 0.5) is 36.8 Å². The topological polar surface area (TPSA) is 77.8 Å². The largest absolute Gasteiger partial charge is 0.418 e. The number of alkyl halides is 6. The molecule has 2 N–H and O–H groups in total. The number of benzene rings is 2. The second-order valence-corrected chi connectivity index (χ2v) is 6.78. The first kappa shape index (κ1) is 23.6. The van der Waals surface area contributed by atoms with Gasteiger partial charge in [0.25, 0.3) is 0 Å². The van der Waals surface area contributed by atoms with Crippen molar-refractivity contribution in [3.05, 3.63) is 94.8 Å². The molecule has 1 atom stereocenters. The highest BCUT2D eigenvalue weighted by Crippen LogP contribution is 2.36. The van der Waals surface area contributed by atoms with Gasteiger partial charge in [0.2, 0.25) is 0 Å². The molecule has 170 valence electrons. The van der Waals surface area contributed by atoms with Crippen molar-refractivity contribution in [2.45, 2.75) is 18.4 Å². The zero-order chi connectivity index (χ0) is 24.2. The van der Waals surface area contributed by atoms with Crippen LogP contribution in [0.25, 0.3) is 0 Å². The summed E-state index contributed by atoms with van der Waals surface area (Å²) in [6, 6.07) is 10.3. The maximum atomic E-state index is 13.6. The second-order valence-electron chi connectivity index (χ2n) is 6.78. The smallest absolute Gasteiger partial charge is 0.325 e. The van der Waals surface area contributed by atoms with Crippen molar-refractivity contribution in [1.29, 1.82) is 5.26 Å². The Morgan fingerprint density at radius 3 is 2.24 bits per heavy atom. The van der Waals surface area contributed by atoms with E-state index in [4.69, 9.17) is 5.26 Å². The summed E-state index contributed by atoms with van der Waals surface area (Å²) in [5, 5.41) is 13.7. The molecule has 33 heavy (non-hydrogen) atoms. The Kier molecular flexibility index (Phi) is 6.57. The second kappa shape index (κ2) is 9.20. The van der Waals surface area contributed by atoms with Gasteiger partial charge in [0.15, 0.2) is 0 Å². The molecule has 2 amide bonds. The van der Waals surface area contributed by atoms with E-state index in [1.54, 1.807) is 0 Å². The fourth-order valence-corrected chi connectivity index (χ4v) is 3.03. The van der Waals surface area contributed by atoms with E-state index in [2.05, 4.69) is 15.6 Å². The molecule has 0 aliphatic rings. The average Bonchev–Trinajstić information content (AvgIpc) is 2.76. The van der Waals surface area contributed by atoms with Crippen LogP contribution < -0.4 is 10.6 Å². The monoisotopic (exact) mass is 464 g/mol. The molecule has 3 rings (SSSR count). The number of hydrogen-bond donors (Lipinski definition) is 2. The third-order valence-electron chi connectivity index (χ3n) is 4.51. The van der Waals surface area contributed by atoms with Crippen LogP contribution in [0.1, 0.15) is 34.0 Å². The van der Waals surface area contributed by atoms with Crippen LogP contribution in [0.5, 0.6) is 0 Å². The Morgan fingerprint density at radius 1 is 0.939 bits per heavy atom. The number of amides is 2. The molecule has 0 radical (unpaired) electrons. The first-order chi connectivity index (χ1) is 15.5. The van der Waals surface area contributed by atoms with Crippen LogP contribution in [0, 0.1) is 11.3 Å². The fraction of sp³-hybridized carbons (Fsp3) is 0.136. The number of urea groups is 1. The summed E-state index contributed by atoms with van der Waals surface area (Å²) in [7, 11) is 0. The lowest BCUT2D eigenvalue weighted by molar-refractivity contribution is -0.139. The third-order valence-corrected chi connectivity index (χ3v) is 4.51. The van der Waals surface area contributed by atoms with E-state index >= 15 is 0 Å². The van der Waals surface area contributed by atoms with Crippen molar-refractivity contribution < 1.29 is 31.1 Å². The van der Waals surface area contributed by atoms with Crippen LogP contribution in [0.15, 0.2) is 66.9 Å². The lowest BCUT2D eigenvalue weighted by atomic mass is 9.98. The molecule has 0 aliphatic carbocycles.